The average molecular weight is 314 g/mol. The Morgan fingerprint density at radius 2 is 2.04 bits per heavy atom. The number of rotatable bonds is 6. The Bertz CT molecular complexity index is 661. The third kappa shape index (κ3) is 3.44. The van der Waals surface area contributed by atoms with Crippen LogP contribution in [0, 0.1) is 5.41 Å². The van der Waals surface area contributed by atoms with Crippen molar-refractivity contribution < 1.29 is 4.79 Å². The average Bonchev–Trinajstić information content (AvgIpc) is 3.00. The van der Waals surface area contributed by atoms with Gasteiger partial charge in [0.2, 0.25) is 5.91 Å². The first-order valence-corrected chi connectivity index (χ1v) is 8.25. The molecule has 124 valence electrons. The number of aryl methyl sites for hydroxylation is 1. The second-order valence-corrected chi connectivity index (χ2v) is 6.24. The van der Waals surface area contributed by atoms with E-state index in [2.05, 4.69) is 16.9 Å². The Morgan fingerprint density at radius 3 is 2.57 bits per heavy atom. The van der Waals surface area contributed by atoms with Crippen LogP contribution in [-0.2, 0) is 11.2 Å². The van der Waals surface area contributed by atoms with Gasteiger partial charge in [-0.05, 0) is 25.5 Å². The maximum atomic E-state index is 12.9. The molecule has 5 heteroatoms. The van der Waals surface area contributed by atoms with Crippen LogP contribution < -0.4 is 5.01 Å². The second kappa shape index (κ2) is 6.94. The van der Waals surface area contributed by atoms with E-state index in [-0.39, 0.29) is 11.3 Å². The molecule has 0 N–H and O–H groups in total. The van der Waals surface area contributed by atoms with Crippen molar-refractivity contribution in [3.8, 4) is 11.3 Å². The van der Waals surface area contributed by atoms with Gasteiger partial charge in [0.1, 0.15) is 5.82 Å². The molecule has 23 heavy (non-hydrogen) atoms. The van der Waals surface area contributed by atoms with Crippen molar-refractivity contribution in [1.82, 2.24) is 14.6 Å². The quantitative estimate of drug-likeness (QED) is 0.821. The van der Waals surface area contributed by atoms with Gasteiger partial charge in [-0.25, -0.2) is 14.7 Å². The molecule has 0 aromatic carbocycles. The molecule has 2 rings (SSSR count). The van der Waals surface area contributed by atoms with Gasteiger partial charge in [0, 0.05) is 36.3 Å². The summed E-state index contributed by atoms with van der Waals surface area (Å²) in [5.41, 5.74) is 1.41. The fourth-order valence-electron chi connectivity index (χ4n) is 2.41. The Hall–Kier alpha value is -2.17. The molecule has 0 saturated carbocycles. The Kier molecular flexibility index (Phi) is 5.19. The van der Waals surface area contributed by atoms with E-state index < -0.39 is 0 Å². The van der Waals surface area contributed by atoms with Crippen molar-refractivity contribution in [1.29, 1.82) is 0 Å². The van der Waals surface area contributed by atoms with Crippen LogP contribution in [0.3, 0.4) is 0 Å². The van der Waals surface area contributed by atoms with Crippen LogP contribution in [-0.4, -0.2) is 27.1 Å². The monoisotopic (exact) mass is 314 g/mol. The van der Waals surface area contributed by atoms with E-state index >= 15 is 0 Å². The van der Waals surface area contributed by atoms with Crippen molar-refractivity contribution in [3.63, 3.8) is 0 Å². The third-order valence-corrected chi connectivity index (χ3v) is 4.29. The fraction of sp³-hybridized carbons (Fsp3) is 0.500. The van der Waals surface area contributed by atoms with Gasteiger partial charge in [0.25, 0.3) is 0 Å². The molecule has 5 nitrogen and oxygen atoms in total. The standard InChI is InChI=1S/C18H26N4O/c1-6-16-20-15(14-10-9-11-19-12-14)13-22(16)21(8-3)17(23)18(4,5)7-2/h9-13H,6-8H2,1-5H3. The summed E-state index contributed by atoms with van der Waals surface area (Å²) in [6.07, 6.45) is 7.03. The van der Waals surface area contributed by atoms with E-state index in [1.54, 1.807) is 17.4 Å². The van der Waals surface area contributed by atoms with Crippen LogP contribution >= 0.6 is 0 Å². The molecule has 0 fully saturated rings. The van der Waals surface area contributed by atoms with Crippen LogP contribution in [0.15, 0.2) is 30.7 Å². The Labute approximate surface area is 138 Å². The summed E-state index contributed by atoms with van der Waals surface area (Å²) in [7, 11) is 0. The summed E-state index contributed by atoms with van der Waals surface area (Å²) < 4.78 is 1.90. The van der Waals surface area contributed by atoms with E-state index in [4.69, 9.17) is 0 Å². The number of carbonyl (C=O) groups excluding carboxylic acids is 1. The maximum Gasteiger partial charge on any atom is 0.247 e. The number of nitrogens with zero attached hydrogens (tertiary/aromatic N) is 4. The summed E-state index contributed by atoms with van der Waals surface area (Å²) in [5, 5.41) is 1.79. The van der Waals surface area contributed by atoms with Crippen LogP contribution in [0.4, 0.5) is 0 Å². The van der Waals surface area contributed by atoms with Crippen LogP contribution in [0.5, 0.6) is 0 Å². The van der Waals surface area contributed by atoms with Gasteiger partial charge in [0.05, 0.1) is 11.9 Å². The highest BCUT2D eigenvalue weighted by molar-refractivity contribution is 5.90. The molecule has 2 aromatic heterocycles. The zero-order valence-corrected chi connectivity index (χ0v) is 14.7. The normalized spacial score (nSPS) is 11.5. The molecule has 0 aliphatic heterocycles. The molecule has 0 aliphatic carbocycles. The summed E-state index contributed by atoms with van der Waals surface area (Å²) >= 11 is 0. The van der Waals surface area contributed by atoms with Gasteiger partial charge in [-0.1, -0.05) is 27.7 Å². The van der Waals surface area contributed by atoms with Crippen LogP contribution in [0.2, 0.25) is 0 Å². The molecular weight excluding hydrogens is 288 g/mol. The topological polar surface area (TPSA) is 51.0 Å². The molecule has 1 amide bonds. The molecule has 2 aromatic rings. The Morgan fingerprint density at radius 1 is 1.30 bits per heavy atom. The first-order chi connectivity index (χ1) is 10.9. The van der Waals surface area contributed by atoms with E-state index in [0.717, 1.165) is 29.9 Å². The lowest BCUT2D eigenvalue weighted by molar-refractivity contribution is -0.128. The first-order valence-electron chi connectivity index (χ1n) is 8.25. The van der Waals surface area contributed by atoms with Gasteiger partial charge in [-0.2, -0.15) is 0 Å². The number of amides is 1. The van der Waals surface area contributed by atoms with Crippen molar-refractivity contribution in [2.75, 3.05) is 11.6 Å². The lowest BCUT2D eigenvalue weighted by Gasteiger charge is -2.31. The van der Waals surface area contributed by atoms with E-state index in [1.165, 1.54) is 0 Å². The summed E-state index contributed by atoms with van der Waals surface area (Å²) in [5.74, 6) is 0.998. The second-order valence-electron chi connectivity index (χ2n) is 6.24. The van der Waals surface area contributed by atoms with Crippen molar-refractivity contribution >= 4 is 5.91 Å². The number of aromatic nitrogens is 3. The number of imidazole rings is 1. The fourth-order valence-corrected chi connectivity index (χ4v) is 2.41. The highest BCUT2D eigenvalue weighted by atomic mass is 16.2. The van der Waals surface area contributed by atoms with E-state index in [9.17, 15) is 4.79 Å². The molecule has 0 bridgehead atoms. The summed E-state index contributed by atoms with van der Waals surface area (Å²) in [6, 6.07) is 3.87. The van der Waals surface area contributed by atoms with Gasteiger partial charge >= 0.3 is 0 Å². The molecule has 0 unspecified atom stereocenters. The van der Waals surface area contributed by atoms with Gasteiger partial charge < -0.3 is 0 Å². The molecule has 0 spiro atoms. The van der Waals surface area contributed by atoms with E-state index in [0.29, 0.717) is 6.54 Å². The highest BCUT2D eigenvalue weighted by Gasteiger charge is 2.31. The summed E-state index contributed by atoms with van der Waals surface area (Å²) in [6.45, 7) is 10.7. The number of hydrogen-bond donors (Lipinski definition) is 0. The van der Waals surface area contributed by atoms with Crippen LogP contribution in [0.25, 0.3) is 11.3 Å². The maximum absolute atomic E-state index is 12.9. The largest absolute Gasteiger partial charge is 0.272 e. The minimum atomic E-state index is -0.389. The molecule has 2 heterocycles. The predicted molar refractivity (Wildman–Crippen MR) is 92.7 cm³/mol. The summed E-state index contributed by atoms with van der Waals surface area (Å²) in [4.78, 5) is 21.7. The van der Waals surface area contributed by atoms with E-state index in [1.807, 2.05) is 50.7 Å². The van der Waals surface area contributed by atoms with Gasteiger partial charge in [-0.15, -0.1) is 0 Å². The van der Waals surface area contributed by atoms with Crippen LogP contribution in [0.1, 0.15) is 46.9 Å². The highest BCUT2D eigenvalue weighted by Crippen LogP contribution is 2.24. The SMILES string of the molecule is CCc1nc(-c2cccnc2)cn1N(CC)C(=O)C(C)(C)CC. The Balaban J connectivity index is 2.45. The molecule has 0 saturated heterocycles. The molecule has 0 atom stereocenters. The number of hydrogen-bond acceptors (Lipinski definition) is 3. The molecule has 0 radical (unpaired) electrons. The third-order valence-electron chi connectivity index (χ3n) is 4.29. The van der Waals surface area contributed by atoms with Crippen molar-refractivity contribution in [2.24, 2.45) is 5.41 Å². The van der Waals surface area contributed by atoms with Gasteiger partial charge in [-0.3, -0.25) is 9.78 Å². The minimum Gasteiger partial charge on any atom is -0.272 e. The van der Waals surface area contributed by atoms with Crippen molar-refractivity contribution in [3.05, 3.63) is 36.5 Å². The lowest BCUT2D eigenvalue weighted by atomic mass is 9.89. The van der Waals surface area contributed by atoms with Gasteiger partial charge in [0.15, 0.2) is 0 Å². The zero-order chi connectivity index (χ0) is 17.0. The molecular formula is C18H26N4O. The smallest absolute Gasteiger partial charge is 0.247 e. The zero-order valence-electron chi connectivity index (χ0n) is 14.7. The first kappa shape index (κ1) is 17.2. The molecule has 0 aliphatic rings. The van der Waals surface area contributed by atoms with Crippen molar-refractivity contribution in [2.45, 2.75) is 47.5 Å². The predicted octanol–water partition coefficient (Wildman–Crippen LogP) is 3.43. The minimum absolute atomic E-state index is 0.118. The number of pyridine rings is 1. The number of carbonyl (C=O) groups is 1. The lowest BCUT2D eigenvalue weighted by Crippen LogP contribution is -2.47.